The Balaban J connectivity index is 1.34. The van der Waals surface area contributed by atoms with Crippen molar-refractivity contribution in [2.24, 2.45) is 5.92 Å². The molecule has 0 spiro atoms. The largest absolute Gasteiger partial charge is 0.337 e. The normalized spacial score (nSPS) is 18.3. The molecule has 1 aliphatic carbocycles. The maximum Gasteiger partial charge on any atom is 0.312 e. The van der Waals surface area contributed by atoms with Crippen molar-refractivity contribution in [1.29, 1.82) is 0 Å². The van der Waals surface area contributed by atoms with Crippen LogP contribution in [0, 0.1) is 29.9 Å². The van der Waals surface area contributed by atoms with Gasteiger partial charge < -0.3 is 9.80 Å². The number of carbonyl (C=O) groups excluding carboxylic acids is 1. The minimum absolute atomic E-state index is 0.0699. The molecule has 0 atom stereocenters. The van der Waals surface area contributed by atoms with E-state index >= 15 is 0 Å². The molecule has 2 heterocycles. The van der Waals surface area contributed by atoms with E-state index in [4.69, 9.17) is 0 Å². The third-order valence-corrected chi connectivity index (χ3v) is 7.18. The van der Waals surface area contributed by atoms with E-state index in [9.17, 15) is 14.9 Å². The molecule has 1 saturated heterocycles. The Morgan fingerprint density at radius 3 is 2.42 bits per heavy atom. The highest BCUT2D eigenvalue weighted by atomic mass is 16.6. The summed E-state index contributed by atoms with van der Waals surface area (Å²) in [7, 11) is 0. The van der Waals surface area contributed by atoms with E-state index in [1.807, 2.05) is 29.2 Å². The molecule has 8 nitrogen and oxygen atoms in total. The average molecular weight is 454 g/mol. The second-order valence-electron chi connectivity index (χ2n) is 9.58. The topological polar surface area (TPSA) is 84.5 Å². The number of hydrogen-bond acceptors (Lipinski definition) is 5. The fourth-order valence-electron chi connectivity index (χ4n) is 5.31. The predicted octanol–water partition coefficient (Wildman–Crippen LogP) is 4.18. The van der Waals surface area contributed by atoms with E-state index in [0.29, 0.717) is 23.5 Å². The first-order valence-corrected chi connectivity index (χ1v) is 12.2. The number of hydrogen-bond donors (Lipinski definition) is 0. The van der Waals surface area contributed by atoms with Crippen LogP contribution in [0.1, 0.15) is 65.8 Å². The molecule has 0 bridgehead atoms. The number of nitro groups is 1. The molecule has 8 heteroatoms. The lowest BCUT2D eigenvalue weighted by Crippen LogP contribution is -2.36. The van der Waals surface area contributed by atoms with Crippen molar-refractivity contribution in [3.63, 3.8) is 0 Å². The molecular weight excluding hydrogens is 418 g/mol. The maximum absolute atomic E-state index is 13.1. The molecule has 2 fully saturated rings. The quantitative estimate of drug-likeness (QED) is 0.484. The van der Waals surface area contributed by atoms with Crippen LogP contribution in [-0.2, 0) is 6.54 Å². The van der Waals surface area contributed by atoms with Gasteiger partial charge in [0.1, 0.15) is 11.4 Å². The van der Waals surface area contributed by atoms with Crippen LogP contribution in [0.25, 0.3) is 0 Å². The van der Waals surface area contributed by atoms with Crippen LogP contribution in [0.15, 0.2) is 24.3 Å². The van der Waals surface area contributed by atoms with Gasteiger partial charge in [0.05, 0.1) is 11.5 Å². The predicted molar refractivity (Wildman–Crippen MR) is 127 cm³/mol. The summed E-state index contributed by atoms with van der Waals surface area (Å²) in [6.07, 6.45) is 7.87. The molecular formula is C25H35N5O3. The van der Waals surface area contributed by atoms with E-state index in [1.165, 1.54) is 38.6 Å². The van der Waals surface area contributed by atoms with Gasteiger partial charge in [-0.3, -0.25) is 19.6 Å². The van der Waals surface area contributed by atoms with Crippen molar-refractivity contribution in [1.82, 2.24) is 19.6 Å². The molecule has 2 aliphatic rings. The van der Waals surface area contributed by atoms with Crippen LogP contribution >= 0.6 is 0 Å². The fraction of sp³-hybridized carbons (Fsp3) is 0.600. The second kappa shape index (κ2) is 10.5. The Labute approximate surface area is 195 Å². The van der Waals surface area contributed by atoms with Gasteiger partial charge in [-0.15, -0.1) is 0 Å². The van der Waals surface area contributed by atoms with Gasteiger partial charge in [-0.05, 0) is 63.3 Å². The number of carbonyl (C=O) groups is 1. The van der Waals surface area contributed by atoms with E-state index < -0.39 is 0 Å². The standard InChI is InChI=1S/C25H35N5O3/c1-19-24(30(32)33)20(2)29(26-19)18-22-9-11-23(12-10-22)25(31)28-14-6-13-27(15-16-28)17-21-7-4-3-5-8-21/h9-12,21H,3-8,13-18H2,1-2H3. The van der Waals surface area contributed by atoms with Crippen LogP contribution in [-0.4, -0.2) is 63.1 Å². The third kappa shape index (κ3) is 5.61. The average Bonchev–Trinajstić information content (AvgIpc) is 2.95. The molecule has 1 saturated carbocycles. The Bertz CT molecular complexity index is 979. The van der Waals surface area contributed by atoms with Crippen molar-refractivity contribution in [3.8, 4) is 0 Å². The monoisotopic (exact) mass is 453 g/mol. The Kier molecular flexibility index (Phi) is 7.42. The molecule has 1 amide bonds. The Morgan fingerprint density at radius 2 is 1.76 bits per heavy atom. The molecule has 2 aromatic rings. The van der Waals surface area contributed by atoms with Crippen molar-refractivity contribution < 1.29 is 9.72 Å². The van der Waals surface area contributed by atoms with Crippen LogP contribution < -0.4 is 0 Å². The SMILES string of the molecule is Cc1nn(Cc2ccc(C(=O)N3CCCN(CC4CCCCC4)CC3)cc2)c(C)c1[N+](=O)[O-]. The van der Waals surface area contributed by atoms with E-state index in [1.54, 1.807) is 18.5 Å². The summed E-state index contributed by atoms with van der Waals surface area (Å²) in [5.74, 6) is 0.917. The Hall–Kier alpha value is -2.74. The molecule has 0 unspecified atom stereocenters. The summed E-state index contributed by atoms with van der Waals surface area (Å²) >= 11 is 0. The summed E-state index contributed by atoms with van der Waals surface area (Å²) < 4.78 is 1.65. The smallest absolute Gasteiger partial charge is 0.312 e. The summed E-state index contributed by atoms with van der Waals surface area (Å²) in [6, 6.07) is 7.57. The molecule has 178 valence electrons. The van der Waals surface area contributed by atoms with Gasteiger partial charge >= 0.3 is 5.69 Å². The summed E-state index contributed by atoms with van der Waals surface area (Å²) in [5, 5.41) is 15.5. The van der Waals surface area contributed by atoms with Crippen molar-refractivity contribution in [2.75, 3.05) is 32.7 Å². The number of benzene rings is 1. The van der Waals surface area contributed by atoms with Crippen LogP contribution in [0.3, 0.4) is 0 Å². The minimum atomic E-state index is -0.382. The summed E-state index contributed by atoms with van der Waals surface area (Å²) in [4.78, 5) is 28.5. The molecule has 0 radical (unpaired) electrons. The highest BCUT2D eigenvalue weighted by Gasteiger charge is 2.24. The fourth-order valence-corrected chi connectivity index (χ4v) is 5.31. The molecule has 4 rings (SSSR count). The summed E-state index contributed by atoms with van der Waals surface area (Å²) in [6.45, 7) is 8.61. The number of amides is 1. The first kappa shape index (κ1) is 23.4. The number of aryl methyl sites for hydroxylation is 1. The number of nitrogens with zero attached hydrogens (tertiary/aromatic N) is 5. The zero-order valence-corrected chi connectivity index (χ0v) is 19.8. The van der Waals surface area contributed by atoms with E-state index in [0.717, 1.165) is 44.1 Å². The lowest BCUT2D eigenvalue weighted by Gasteiger charge is -2.28. The Morgan fingerprint density at radius 1 is 1.03 bits per heavy atom. The van der Waals surface area contributed by atoms with Gasteiger partial charge in [-0.1, -0.05) is 31.4 Å². The molecule has 33 heavy (non-hydrogen) atoms. The van der Waals surface area contributed by atoms with Crippen molar-refractivity contribution in [3.05, 3.63) is 56.9 Å². The van der Waals surface area contributed by atoms with Gasteiger partial charge in [0, 0.05) is 31.7 Å². The van der Waals surface area contributed by atoms with Crippen LogP contribution in [0.5, 0.6) is 0 Å². The highest BCUT2D eigenvalue weighted by Crippen LogP contribution is 2.25. The second-order valence-corrected chi connectivity index (χ2v) is 9.58. The zero-order valence-electron chi connectivity index (χ0n) is 19.8. The third-order valence-electron chi connectivity index (χ3n) is 7.18. The molecule has 1 aromatic heterocycles. The highest BCUT2D eigenvalue weighted by molar-refractivity contribution is 5.94. The molecule has 1 aliphatic heterocycles. The van der Waals surface area contributed by atoms with Crippen molar-refractivity contribution in [2.45, 2.75) is 58.9 Å². The number of aromatic nitrogens is 2. The lowest BCUT2D eigenvalue weighted by atomic mass is 9.89. The van der Waals surface area contributed by atoms with Gasteiger partial charge in [0.25, 0.3) is 5.91 Å². The van der Waals surface area contributed by atoms with Gasteiger partial charge in [0.15, 0.2) is 0 Å². The van der Waals surface area contributed by atoms with Gasteiger partial charge in [0.2, 0.25) is 0 Å². The van der Waals surface area contributed by atoms with Gasteiger partial charge in [-0.25, -0.2) is 0 Å². The van der Waals surface area contributed by atoms with Crippen LogP contribution in [0.4, 0.5) is 5.69 Å². The maximum atomic E-state index is 13.1. The summed E-state index contributed by atoms with van der Waals surface area (Å²) in [5.41, 5.74) is 2.68. The van der Waals surface area contributed by atoms with Crippen LogP contribution in [0.2, 0.25) is 0 Å². The van der Waals surface area contributed by atoms with Crippen molar-refractivity contribution >= 4 is 11.6 Å². The van der Waals surface area contributed by atoms with E-state index in [-0.39, 0.29) is 16.5 Å². The van der Waals surface area contributed by atoms with Gasteiger partial charge in [-0.2, -0.15) is 5.10 Å². The lowest BCUT2D eigenvalue weighted by molar-refractivity contribution is -0.386. The number of rotatable bonds is 6. The molecule has 1 aromatic carbocycles. The first-order valence-electron chi connectivity index (χ1n) is 12.2. The minimum Gasteiger partial charge on any atom is -0.337 e. The van der Waals surface area contributed by atoms with E-state index in [2.05, 4.69) is 10.00 Å². The molecule has 0 N–H and O–H groups in total. The first-order chi connectivity index (χ1) is 15.9. The zero-order chi connectivity index (χ0) is 23.4.